The molecule has 2 saturated carbocycles. The first kappa shape index (κ1) is 34.3. The lowest BCUT2D eigenvalue weighted by Crippen LogP contribution is -2.47. The molecular formula is C38H48N10O4. The van der Waals surface area contributed by atoms with E-state index in [1.54, 1.807) is 6.33 Å². The van der Waals surface area contributed by atoms with E-state index in [1.807, 2.05) is 41.0 Å². The summed E-state index contributed by atoms with van der Waals surface area (Å²) in [7, 11) is 0. The molecule has 14 heteroatoms. The van der Waals surface area contributed by atoms with Crippen LogP contribution in [-0.4, -0.2) is 105 Å². The number of rotatable bonds is 11. The second kappa shape index (κ2) is 15.1. The Bertz CT molecular complexity index is 1810. The molecule has 0 radical (unpaired) electrons. The first-order chi connectivity index (χ1) is 25.4. The zero-order valence-electron chi connectivity index (χ0n) is 29.2. The number of urea groups is 1. The summed E-state index contributed by atoms with van der Waals surface area (Å²) < 4.78 is 1.82. The number of nitrogens with zero attached hydrogens (tertiary/aromatic N) is 5. The predicted octanol–water partition coefficient (Wildman–Crippen LogP) is 2.26. The highest BCUT2D eigenvalue weighted by atomic mass is 16.3. The van der Waals surface area contributed by atoms with Crippen LogP contribution in [0, 0.1) is 5.92 Å². The van der Waals surface area contributed by atoms with Crippen molar-refractivity contribution in [3.8, 4) is 0 Å². The molecule has 4 heterocycles. The summed E-state index contributed by atoms with van der Waals surface area (Å²) in [6.07, 6.45) is 4.12. The molecule has 4 aromatic rings. The summed E-state index contributed by atoms with van der Waals surface area (Å²) >= 11 is 0. The average Bonchev–Trinajstić information content (AvgIpc) is 3.95. The average molecular weight is 709 g/mol. The van der Waals surface area contributed by atoms with E-state index in [0.717, 1.165) is 56.3 Å². The van der Waals surface area contributed by atoms with Crippen molar-refractivity contribution in [2.75, 3.05) is 42.9 Å². The summed E-state index contributed by atoms with van der Waals surface area (Å²) in [6.45, 7) is 3.39. The monoisotopic (exact) mass is 708 g/mol. The lowest BCUT2D eigenvalue weighted by Gasteiger charge is -2.27. The quantitative estimate of drug-likeness (QED) is 0.122. The number of amides is 3. The van der Waals surface area contributed by atoms with Gasteiger partial charge < -0.3 is 46.3 Å². The molecule has 2 aliphatic carbocycles. The van der Waals surface area contributed by atoms with E-state index in [1.165, 1.54) is 0 Å². The summed E-state index contributed by atoms with van der Waals surface area (Å²) in [5.41, 5.74) is 3.39. The molecule has 2 saturated heterocycles. The van der Waals surface area contributed by atoms with E-state index in [-0.39, 0.29) is 35.9 Å². The second-order valence-corrected chi connectivity index (χ2v) is 14.7. The molecule has 7 N–H and O–H groups in total. The van der Waals surface area contributed by atoms with Crippen LogP contribution in [0.1, 0.15) is 61.6 Å². The number of hydrogen-bond donors (Lipinski definition) is 7. The highest BCUT2D eigenvalue weighted by Gasteiger charge is 2.45. The summed E-state index contributed by atoms with van der Waals surface area (Å²) in [4.78, 5) is 42.4. The number of aliphatic hydroxyl groups is 2. The number of benzene rings is 2. The van der Waals surface area contributed by atoms with E-state index in [4.69, 9.17) is 15.0 Å². The highest BCUT2D eigenvalue weighted by molar-refractivity contribution is 5.85. The predicted molar refractivity (Wildman–Crippen MR) is 197 cm³/mol. The van der Waals surface area contributed by atoms with Gasteiger partial charge in [-0.1, -0.05) is 67.1 Å². The Labute approximate surface area is 302 Å². The minimum Gasteiger partial charge on any atom is -0.388 e. The van der Waals surface area contributed by atoms with Crippen molar-refractivity contribution < 1.29 is 19.8 Å². The van der Waals surface area contributed by atoms with Crippen LogP contribution in [0.2, 0.25) is 0 Å². The highest BCUT2D eigenvalue weighted by Crippen LogP contribution is 2.36. The molecule has 6 atom stereocenters. The van der Waals surface area contributed by atoms with Gasteiger partial charge in [-0.3, -0.25) is 4.79 Å². The fourth-order valence-corrected chi connectivity index (χ4v) is 8.06. The summed E-state index contributed by atoms with van der Waals surface area (Å²) in [5, 5.41) is 38.4. The molecule has 2 aromatic heterocycles. The standard InChI is InChI=1S/C38H48N10O4/c49-32-29(44-36(51)25-12-7-13-25)18-30(33(32)50)48-22-41-31-34(40-20-28(23-8-3-1-4-9-23)24-10-5-2-6-11-24)45-37(46-35(31)48)47-17-15-27(21-47)43-38(52)42-26-14-16-39-19-26/h1-6,8-11,22,25-30,32-33,39,49-50H,7,12-21H2,(H,44,51)(H,40,45,46)(H2,42,43,52)/t26-,27+,29-,30+,32+,33-/m0/s1. The molecule has 8 rings (SSSR count). The molecule has 4 aliphatic rings. The minimum absolute atomic E-state index is 0.0263. The topological polar surface area (TPSA) is 182 Å². The van der Waals surface area contributed by atoms with E-state index < -0.39 is 24.3 Å². The smallest absolute Gasteiger partial charge is 0.315 e. The maximum atomic E-state index is 12.8. The Morgan fingerprint density at radius 1 is 0.885 bits per heavy atom. The zero-order chi connectivity index (χ0) is 35.6. The van der Waals surface area contributed by atoms with Crippen LogP contribution in [0.15, 0.2) is 67.0 Å². The van der Waals surface area contributed by atoms with Gasteiger partial charge in [0.25, 0.3) is 0 Å². The van der Waals surface area contributed by atoms with E-state index in [2.05, 4.69) is 55.7 Å². The number of nitrogens with one attached hydrogen (secondary N) is 5. The van der Waals surface area contributed by atoms with Gasteiger partial charge >= 0.3 is 6.03 Å². The van der Waals surface area contributed by atoms with Crippen molar-refractivity contribution in [1.29, 1.82) is 0 Å². The second-order valence-electron chi connectivity index (χ2n) is 14.7. The fraction of sp³-hybridized carbons (Fsp3) is 0.500. The van der Waals surface area contributed by atoms with Gasteiger partial charge in [-0.05, 0) is 49.8 Å². The first-order valence-electron chi connectivity index (χ1n) is 18.7. The lowest BCUT2D eigenvalue weighted by molar-refractivity contribution is -0.129. The van der Waals surface area contributed by atoms with Crippen LogP contribution in [0.4, 0.5) is 16.6 Å². The summed E-state index contributed by atoms with van der Waals surface area (Å²) in [5.74, 6) is 0.980. The van der Waals surface area contributed by atoms with Gasteiger partial charge in [0.2, 0.25) is 11.9 Å². The van der Waals surface area contributed by atoms with Crippen LogP contribution in [0.5, 0.6) is 0 Å². The van der Waals surface area contributed by atoms with E-state index in [9.17, 15) is 19.8 Å². The number of fused-ring (bicyclic) bond motifs is 1. The Morgan fingerprint density at radius 2 is 1.62 bits per heavy atom. The van der Waals surface area contributed by atoms with E-state index >= 15 is 0 Å². The van der Waals surface area contributed by atoms with Gasteiger partial charge in [0.05, 0.1) is 18.4 Å². The van der Waals surface area contributed by atoms with Crippen LogP contribution in [0.3, 0.4) is 0 Å². The van der Waals surface area contributed by atoms with Crippen molar-refractivity contribution in [2.45, 2.75) is 80.8 Å². The number of anilines is 2. The van der Waals surface area contributed by atoms with Crippen LogP contribution < -0.4 is 31.5 Å². The zero-order valence-corrected chi connectivity index (χ0v) is 29.2. The molecule has 0 spiro atoms. The van der Waals surface area contributed by atoms with Crippen LogP contribution in [-0.2, 0) is 4.79 Å². The third-order valence-electron chi connectivity index (χ3n) is 11.3. The molecule has 4 fully saturated rings. The molecule has 52 heavy (non-hydrogen) atoms. The lowest BCUT2D eigenvalue weighted by atomic mass is 9.84. The Kier molecular flexibility index (Phi) is 9.93. The molecule has 14 nitrogen and oxygen atoms in total. The van der Waals surface area contributed by atoms with Gasteiger partial charge in [-0.15, -0.1) is 0 Å². The number of hydrogen-bond acceptors (Lipinski definition) is 10. The first-order valence-corrected chi connectivity index (χ1v) is 18.7. The Morgan fingerprint density at radius 3 is 2.29 bits per heavy atom. The summed E-state index contributed by atoms with van der Waals surface area (Å²) in [6, 6.07) is 19.4. The third kappa shape index (κ3) is 7.14. The molecule has 274 valence electrons. The van der Waals surface area contributed by atoms with Crippen molar-refractivity contribution in [1.82, 2.24) is 40.8 Å². The maximum Gasteiger partial charge on any atom is 0.315 e. The molecule has 3 amide bonds. The van der Waals surface area contributed by atoms with Crippen molar-refractivity contribution in [3.63, 3.8) is 0 Å². The van der Waals surface area contributed by atoms with Crippen molar-refractivity contribution in [2.24, 2.45) is 5.92 Å². The number of carbonyl (C=O) groups is 2. The van der Waals surface area contributed by atoms with Gasteiger partial charge in [0, 0.05) is 50.1 Å². The molecule has 0 unspecified atom stereocenters. The Hall–Kier alpha value is -4.79. The third-order valence-corrected chi connectivity index (χ3v) is 11.3. The largest absolute Gasteiger partial charge is 0.388 e. The maximum absolute atomic E-state index is 12.8. The number of aromatic nitrogens is 4. The van der Waals surface area contributed by atoms with Gasteiger partial charge in [-0.2, -0.15) is 9.97 Å². The van der Waals surface area contributed by atoms with E-state index in [0.29, 0.717) is 49.0 Å². The normalized spacial score (nSPS) is 26.1. The number of imidazole rings is 1. The number of carbonyl (C=O) groups excluding carboxylic acids is 2. The molecule has 0 bridgehead atoms. The van der Waals surface area contributed by atoms with Crippen molar-refractivity contribution in [3.05, 3.63) is 78.1 Å². The molecule has 2 aliphatic heterocycles. The van der Waals surface area contributed by atoms with Gasteiger partial charge in [0.15, 0.2) is 17.0 Å². The minimum atomic E-state index is -1.13. The van der Waals surface area contributed by atoms with Crippen LogP contribution >= 0.6 is 0 Å². The van der Waals surface area contributed by atoms with Crippen molar-refractivity contribution >= 4 is 34.9 Å². The number of aliphatic hydroxyl groups excluding tert-OH is 2. The molecule has 2 aromatic carbocycles. The van der Waals surface area contributed by atoms with Gasteiger partial charge in [-0.25, -0.2) is 9.78 Å². The Balaban J connectivity index is 1.08. The molecular weight excluding hydrogens is 660 g/mol. The fourth-order valence-electron chi connectivity index (χ4n) is 8.06. The van der Waals surface area contributed by atoms with Gasteiger partial charge in [0.1, 0.15) is 12.2 Å². The SMILES string of the molecule is O=C(N[C@@H]1CCN(c2nc(NCC(c3ccccc3)c3ccccc3)c3ncn([C@@H]4C[C@H](NC(=O)C5CCC5)[C@@H](O)[C@H]4O)c3n2)C1)N[C@H]1CCNC1. The van der Waals surface area contributed by atoms with Crippen LogP contribution in [0.25, 0.3) is 11.2 Å².